The average Bonchev–Trinajstić information content (AvgIpc) is 2.90. The molecule has 39 heavy (non-hydrogen) atoms. The van der Waals surface area contributed by atoms with Crippen molar-refractivity contribution in [3.63, 3.8) is 0 Å². The van der Waals surface area contributed by atoms with Crippen molar-refractivity contribution in [2.45, 2.75) is 117 Å². The van der Waals surface area contributed by atoms with Gasteiger partial charge in [0.05, 0.1) is 19.8 Å². The molecule has 0 fully saturated rings. The van der Waals surface area contributed by atoms with Gasteiger partial charge >= 0.3 is 7.82 Å². The molecule has 2 unspecified atom stereocenters. The third-order valence-electron chi connectivity index (χ3n) is 6.84. The van der Waals surface area contributed by atoms with Gasteiger partial charge in [0.25, 0.3) is 0 Å². The second kappa shape index (κ2) is 23.5. The van der Waals surface area contributed by atoms with Crippen LogP contribution in [0.15, 0.2) is 24.3 Å². The van der Waals surface area contributed by atoms with Crippen molar-refractivity contribution in [1.29, 1.82) is 0 Å². The van der Waals surface area contributed by atoms with E-state index in [2.05, 4.69) is 12.2 Å². The van der Waals surface area contributed by atoms with Crippen LogP contribution >= 0.6 is 7.82 Å². The number of nitrogens with one attached hydrogen (secondary N) is 1. The summed E-state index contributed by atoms with van der Waals surface area (Å²) in [7, 11) is -2.28. The Bertz CT molecular complexity index is 773. The Labute approximate surface area is 238 Å². The van der Waals surface area contributed by atoms with Crippen molar-refractivity contribution in [2.75, 3.05) is 33.4 Å². The number of rotatable bonds is 27. The maximum Gasteiger partial charge on any atom is 0.472 e. The number of carbonyl (C=O) groups is 1. The van der Waals surface area contributed by atoms with E-state index < -0.39 is 7.82 Å². The van der Waals surface area contributed by atoms with Crippen LogP contribution in [0.1, 0.15) is 116 Å². The minimum Gasteiger partial charge on any atom is -0.494 e. The Kier molecular flexibility index (Phi) is 21.5. The monoisotopic (exact) mass is 569 g/mol. The molecule has 0 radical (unpaired) electrons. The first-order chi connectivity index (χ1) is 18.9. The molecule has 226 valence electrons. The minimum absolute atomic E-state index is 0.0128. The summed E-state index contributed by atoms with van der Waals surface area (Å²) in [6.45, 7) is 5.48. The lowest BCUT2D eigenvalue weighted by atomic mass is 9.95. The molecule has 0 aliphatic heterocycles. The highest BCUT2D eigenvalue weighted by molar-refractivity contribution is 7.47. The number of hydrogen-bond donors (Lipinski definition) is 2. The van der Waals surface area contributed by atoms with E-state index in [4.69, 9.17) is 13.8 Å². The molecule has 2 atom stereocenters. The number of benzene rings is 1. The van der Waals surface area contributed by atoms with Crippen LogP contribution in [0.3, 0.4) is 0 Å². The summed E-state index contributed by atoms with van der Waals surface area (Å²) in [6, 6.07) is 7.88. The summed E-state index contributed by atoms with van der Waals surface area (Å²) in [5.74, 6) is 0.656. The Hall–Kier alpha value is -1.24. The third-order valence-corrected chi connectivity index (χ3v) is 7.82. The molecule has 2 N–H and O–H groups in total. The fraction of sp³-hybridized carbons (Fsp3) is 0.774. The number of phosphoric ester groups is 1. The van der Waals surface area contributed by atoms with E-state index in [9.17, 15) is 14.3 Å². The molecule has 0 spiro atoms. The lowest BCUT2D eigenvalue weighted by molar-refractivity contribution is -0.118. The van der Waals surface area contributed by atoms with Gasteiger partial charge in [-0.15, -0.1) is 0 Å². The molecule has 0 heterocycles. The van der Waals surface area contributed by atoms with Crippen LogP contribution in [0.2, 0.25) is 0 Å². The summed E-state index contributed by atoms with van der Waals surface area (Å²) in [6.07, 6.45) is 18.3. The van der Waals surface area contributed by atoms with Gasteiger partial charge in [-0.1, -0.05) is 89.7 Å². The number of carbonyl (C=O) groups excluding carboxylic acids is 1. The second-order valence-electron chi connectivity index (χ2n) is 10.8. The van der Waals surface area contributed by atoms with Crippen LogP contribution in [0.25, 0.3) is 0 Å². The van der Waals surface area contributed by atoms with E-state index in [-0.39, 0.29) is 31.3 Å². The summed E-state index contributed by atoms with van der Waals surface area (Å²) in [4.78, 5) is 21.7. The van der Waals surface area contributed by atoms with Crippen molar-refractivity contribution in [3.05, 3.63) is 29.8 Å². The van der Waals surface area contributed by atoms with Crippen molar-refractivity contribution in [2.24, 2.45) is 5.92 Å². The summed E-state index contributed by atoms with van der Waals surface area (Å²) >= 11 is 0. The lowest BCUT2D eigenvalue weighted by Gasteiger charge is -2.18. The van der Waals surface area contributed by atoms with E-state index in [0.29, 0.717) is 12.8 Å². The Balaban J connectivity index is 2.25. The van der Waals surface area contributed by atoms with Gasteiger partial charge in [-0.25, -0.2) is 4.57 Å². The number of ether oxygens (including phenoxy) is 1. The quantitative estimate of drug-likeness (QED) is 0.0818. The largest absolute Gasteiger partial charge is 0.494 e. The molecular formula is C31H56NO6P. The van der Waals surface area contributed by atoms with Gasteiger partial charge in [0.1, 0.15) is 11.5 Å². The molecule has 8 heteroatoms. The molecule has 0 saturated heterocycles. The first kappa shape index (κ1) is 35.8. The van der Waals surface area contributed by atoms with Crippen molar-refractivity contribution in [1.82, 2.24) is 5.32 Å². The van der Waals surface area contributed by atoms with Gasteiger partial charge in [-0.2, -0.15) is 0 Å². The normalized spacial score (nSPS) is 13.7. The molecule has 0 aromatic heterocycles. The zero-order chi connectivity index (χ0) is 28.6. The molecule has 1 aromatic rings. The summed E-state index contributed by atoms with van der Waals surface area (Å²) in [5, 5.41) is 3.02. The predicted molar refractivity (Wildman–Crippen MR) is 160 cm³/mol. The number of ketones is 1. The van der Waals surface area contributed by atoms with Crippen LogP contribution in [-0.4, -0.2) is 44.1 Å². The van der Waals surface area contributed by atoms with Crippen molar-refractivity contribution < 1.29 is 28.0 Å². The van der Waals surface area contributed by atoms with Crippen LogP contribution in [0, 0.1) is 5.92 Å². The average molecular weight is 570 g/mol. The molecule has 7 nitrogen and oxygen atoms in total. The Morgan fingerprint density at radius 1 is 0.846 bits per heavy atom. The third kappa shape index (κ3) is 21.2. The van der Waals surface area contributed by atoms with Crippen LogP contribution < -0.4 is 10.1 Å². The fourth-order valence-corrected chi connectivity index (χ4v) is 5.44. The molecule has 0 aliphatic rings. The van der Waals surface area contributed by atoms with E-state index in [1.165, 1.54) is 77.6 Å². The molecule has 0 amide bonds. The van der Waals surface area contributed by atoms with Crippen molar-refractivity contribution >= 4 is 13.6 Å². The molecule has 1 aromatic carbocycles. The van der Waals surface area contributed by atoms with Crippen LogP contribution in [0.4, 0.5) is 0 Å². The lowest BCUT2D eigenvalue weighted by Crippen LogP contribution is -2.16. The SMILES string of the molecule is CCCCCCCCCCCCCCOc1ccc(CC(COP(=O)(O)OCCCCNC)CC(C)=O)cc1. The molecule has 1 rings (SSSR count). The maximum absolute atomic E-state index is 12.2. The second-order valence-corrected chi connectivity index (χ2v) is 12.2. The zero-order valence-corrected chi connectivity index (χ0v) is 25.9. The zero-order valence-electron chi connectivity index (χ0n) is 25.0. The van der Waals surface area contributed by atoms with E-state index in [1.807, 2.05) is 31.3 Å². The Morgan fingerprint density at radius 3 is 1.97 bits per heavy atom. The maximum atomic E-state index is 12.2. The Morgan fingerprint density at radius 2 is 1.41 bits per heavy atom. The number of phosphoric acid groups is 1. The number of hydrogen-bond acceptors (Lipinski definition) is 6. The van der Waals surface area contributed by atoms with Gasteiger partial charge in [0, 0.05) is 6.42 Å². The summed E-state index contributed by atoms with van der Waals surface area (Å²) in [5.41, 5.74) is 1.03. The first-order valence-corrected chi connectivity index (χ1v) is 16.8. The minimum atomic E-state index is -4.14. The highest BCUT2D eigenvalue weighted by Crippen LogP contribution is 2.44. The van der Waals surface area contributed by atoms with Gasteiger partial charge in [0.2, 0.25) is 0 Å². The highest BCUT2D eigenvalue weighted by Gasteiger charge is 2.24. The van der Waals surface area contributed by atoms with E-state index in [0.717, 1.165) is 37.3 Å². The van der Waals surface area contributed by atoms with E-state index >= 15 is 0 Å². The summed E-state index contributed by atoms with van der Waals surface area (Å²) < 4.78 is 28.4. The first-order valence-electron chi connectivity index (χ1n) is 15.3. The molecule has 0 saturated carbocycles. The van der Waals surface area contributed by atoms with Gasteiger partial charge in [-0.05, 0) is 69.8 Å². The van der Waals surface area contributed by atoms with Gasteiger partial charge < -0.3 is 19.7 Å². The van der Waals surface area contributed by atoms with Crippen LogP contribution in [0.5, 0.6) is 5.75 Å². The number of unbranched alkanes of at least 4 members (excludes halogenated alkanes) is 12. The van der Waals surface area contributed by atoms with Gasteiger partial charge in [-0.3, -0.25) is 9.05 Å². The standard InChI is InChI=1S/C31H56NO6P/c1-4-5-6-7-8-9-10-11-12-13-14-16-23-36-31-20-18-29(19-21-31)26-30(25-28(2)33)27-38-39(34,35)37-24-17-15-22-32-3/h18-21,30,32H,4-17,22-27H2,1-3H3,(H,34,35). The molecule has 0 bridgehead atoms. The number of Topliss-reactive ketones (excluding diaryl/α,β-unsaturated/α-hetero) is 1. The predicted octanol–water partition coefficient (Wildman–Crippen LogP) is 8.04. The molecule has 0 aliphatic carbocycles. The smallest absolute Gasteiger partial charge is 0.472 e. The van der Waals surface area contributed by atoms with E-state index in [1.54, 1.807) is 0 Å². The topological polar surface area (TPSA) is 94.1 Å². The van der Waals surface area contributed by atoms with Crippen LogP contribution in [-0.2, 0) is 24.8 Å². The van der Waals surface area contributed by atoms with Crippen molar-refractivity contribution in [3.8, 4) is 5.75 Å². The fourth-order valence-electron chi connectivity index (χ4n) is 4.61. The van der Waals surface area contributed by atoms with Gasteiger partial charge in [0.15, 0.2) is 0 Å². The highest BCUT2D eigenvalue weighted by atomic mass is 31.2. The molecular weight excluding hydrogens is 513 g/mol.